The third kappa shape index (κ3) is 9.60. The number of aliphatic hydroxyl groups excluding tert-OH is 1. The highest BCUT2D eigenvalue weighted by molar-refractivity contribution is 5.85. The van der Waals surface area contributed by atoms with E-state index in [0.717, 1.165) is 19.3 Å². The number of unbranched alkanes of at least 4 members (excludes halogenated alkanes) is 1. The molecule has 0 rings (SSSR count). The normalized spacial score (nSPS) is 12.5. The van der Waals surface area contributed by atoms with Gasteiger partial charge >= 0.3 is 0 Å². The molecule has 15 heavy (non-hydrogen) atoms. The highest BCUT2D eigenvalue weighted by Crippen LogP contribution is 2.06. The maximum Gasteiger partial charge on any atom is 0.133 e. The Morgan fingerprint density at radius 1 is 1.07 bits per heavy atom. The number of hydrogen-bond acceptors (Lipinski definition) is 3. The predicted octanol–water partition coefficient (Wildman–Crippen LogP) is 2.26. The number of hydrogen-bond donors (Lipinski definition) is 1. The first-order chi connectivity index (χ1) is 7.06. The molecular weight excluding hydrogens is 192 g/mol. The fourth-order valence-electron chi connectivity index (χ4n) is 1.34. The Labute approximate surface area is 91.9 Å². The molecule has 3 nitrogen and oxygen atoms in total. The largest absolute Gasteiger partial charge is 0.393 e. The number of carbonyl (C=O) groups is 2. The van der Waals surface area contributed by atoms with Gasteiger partial charge in [-0.05, 0) is 19.8 Å². The SMILES string of the molecule is CCC(=O)CCC(=O)CCCCC(C)O. The van der Waals surface area contributed by atoms with Gasteiger partial charge in [0.05, 0.1) is 6.10 Å². The zero-order chi connectivity index (χ0) is 11.7. The van der Waals surface area contributed by atoms with Gasteiger partial charge in [-0.15, -0.1) is 0 Å². The van der Waals surface area contributed by atoms with Crippen LogP contribution in [0.25, 0.3) is 0 Å². The molecule has 0 heterocycles. The molecule has 0 aromatic heterocycles. The second-order valence-corrected chi connectivity index (χ2v) is 4.03. The number of rotatable bonds is 9. The molecule has 0 spiro atoms. The van der Waals surface area contributed by atoms with Gasteiger partial charge in [0.15, 0.2) is 0 Å². The second-order valence-electron chi connectivity index (χ2n) is 4.03. The van der Waals surface area contributed by atoms with E-state index >= 15 is 0 Å². The van der Waals surface area contributed by atoms with E-state index in [-0.39, 0.29) is 17.7 Å². The van der Waals surface area contributed by atoms with Crippen molar-refractivity contribution in [2.45, 2.75) is 64.9 Å². The fourth-order valence-corrected chi connectivity index (χ4v) is 1.34. The van der Waals surface area contributed by atoms with E-state index in [2.05, 4.69) is 0 Å². The third-order valence-electron chi connectivity index (χ3n) is 2.40. The molecule has 0 amide bonds. The van der Waals surface area contributed by atoms with Crippen LogP contribution in [0.3, 0.4) is 0 Å². The molecule has 0 fully saturated rings. The number of aliphatic hydroxyl groups is 1. The molecule has 0 aromatic rings. The Hall–Kier alpha value is -0.700. The standard InChI is InChI=1S/C12H22O3/c1-3-11(14)8-9-12(15)7-5-4-6-10(2)13/h10,13H,3-9H2,1-2H3. The maximum absolute atomic E-state index is 11.3. The van der Waals surface area contributed by atoms with E-state index in [9.17, 15) is 9.59 Å². The van der Waals surface area contributed by atoms with Crippen LogP contribution in [0.4, 0.5) is 0 Å². The quantitative estimate of drug-likeness (QED) is 0.599. The van der Waals surface area contributed by atoms with E-state index in [1.807, 2.05) is 6.92 Å². The molecule has 0 bridgehead atoms. The first-order valence-electron chi connectivity index (χ1n) is 5.77. The average molecular weight is 214 g/mol. The molecule has 1 atom stereocenters. The highest BCUT2D eigenvalue weighted by atomic mass is 16.3. The predicted molar refractivity (Wildman–Crippen MR) is 59.7 cm³/mol. The van der Waals surface area contributed by atoms with Gasteiger partial charge in [-0.3, -0.25) is 9.59 Å². The lowest BCUT2D eigenvalue weighted by molar-refractivity contribution is -0.124. The summed E-state index contributed by atoms with van der Waals surface area (Å²) in [7, 11) is 0. The summed E-state index contributed by atoms with van der Waals surface area (Å²) in [5.74, 6) is 0.328. The van der Waals surface area contributed by atoms with Crippen LogP contribution in [-0.4, -0.2) is 22.8 Å². The van der Waals surface area contributed by atoms with Gasteiger partial charge in [0.1, 0.15) is 11.6 Å². The molecule has 0 radical (unpaired) electrons. The van der Waals surface area contributed by atoms with Gasteiger partial charge in [0, 0.05) is 25.7 Å². The van der Waals surface area contributed by atoms with E-state index in [1.54, 1.807) is 6.92 Å². The molecule has 0 aliphatic carbocycles. The van der Waals surface area contributed by atoms with E-state index in [1.165, 1.54) is 0 Å². The molecule has 3 heteroatoms. The van der Waals surface area contributed by atoms with Crippen LogP contribution in [-0.2, 0) is 9.59 Å². The summed E-state index contributed by atoms with van der Waals surface area (Å²) in [5, 5.41) is 9.00. The van der Waals surface area contributed by atoms with Crippen molar-refractivity contribution in [3.05, 3.63) is 0 Å². The zero-order valence-electron chi connectivity index (χ0n) is 9.79. The van der Waals surface area contributed by atoms with Crippen molar-refractivity contribution >= 4 is 11.6 Å². The second kappa shape index (κ2) is 8.60. The van der Waals surface area contributed by atoms with Crippen molar-refractivity contribution in [2.24, 2.45) is 0 Å². The Morgan fingerprint density at radius 2 is 1.67 bits per heavy atom. The average Bonchev–Trinajstić information content (AvgIpc) is 2.20. The Bertz CT molecular complexity index is 197. The number of carbonyl (C=O) groups excluding carboxylic acids is 2. The molecule has 1 unspecified atom stereocenters. The van der Waals surface area contributed by atoms with Gasteiger partial charge in [-0.1, -0.05) is 13.3 Å². The third-order valence-corrected chi connectivity index (χ3v) is 2.40. The fraction of sp³-hybridized carbons (Fsp3) is 0.833. The van der Waals surface area contributed by atoms with Crippen molar-refractivity contribution < 1.29 is 14.7 Å². The minimum Gasteiger partial charge on any atom is -0.393 e. The molecule has 0 saturated carbocycles. The Morgan fingerprint density at radius 3 is 2.20 bits per heavy atom. The summed E-state index contributed by atoms with van der Waals surface area (Å²) in [6.07, 6.45) is 4.03. The molecule has 0 aliphatic heterocycles. The van der Waals surface area contributed by atoms with Crippen molar-refractivity contribution in [3.63, 3.8) is 0 Å². The summed E-state index contributed by atoms with van der Waals surface area (Å²) in [6, 6.07) is 0. The maximum atomic E-state index is 11.3. The van der Waals surface area contributed by atoms with Gasteiger partial charge in [0.2, 0.25) is 0 Å². The Balaban J connectivity index is 3.37. The van der Waals surface area contributed by atoms with Crippen molar-refractivity contribution in [1.82, 2.24) is 0 Å². The summed E-state index contributed by atoms with van der Waals surface area (Å²) < 4.78 is 0. The van der Waals surface area contributed by atoms with Crippen LogP contribution in [0, 0.1) is 0 Å². The van der Waals surface area contributed by atoms with Gasteiger partial charge < -0.3 is 5.11 Å². The van der Waals surface area contributed by atoms with Crippen molar-refractivity contribution in [3.8, 4) is 0 Å². The summed E-state index contributed by atoms with van der Waals surface area (Å²) in [5.41, 5.74) is 0. The molecular formula is C12H22O3. The molecule has 0 saturated heterocycles. The van der Waals surface area contributed by atoms with Crippen LogP contribution in [0.1, 0.15) is 58.8 Å². The smallest absolute Gasteiger partial charge is 0.133 e. The lowest BCUT2D eigenvalue weighted by Crippen LogP contribution is -2.04. The lowest BCUT2D eigenvalue weighted by Gasteiger charge is -2.03. The topological polar surface area (TPSA) is 54.4 Å². The minimum absolute atomic E-state index is 0.160. The lowest BCUT2D eigenvalue weighted by atomic mass is 10.0. The first-order valence-corrected chi connectivity index (χ1v) is 5.77. The zero-order valence-corrected chi connectivity index (χ0v) is 9.79. The molecule has 1 N–H and O–H groups in total. The molecule has 0 aliphatic rings. The Kier molecular flexibility index (Phi) is 8.19. The number of ketones is 2. The van der Waals surface area contributed by atoms with Gasteiger partial charge in [0.25, 0.3) is 0 Å². The van der Waals surface area contributed by atoms with E-state index < -0.39 is 0 Å². The minimum atomic E-state index is -0.276. The van der Waals surface area contributed by atoms with Crippen LogP contribution in [0.5, 0.6) is 0 Å². The summed E-state index contributed by atoms with van der Waals surface area (Å²) in [4.78, 5) is 22.2. The highest BCUT2D eigenvalue weighted by Gasteiger charge is 2.05. The van der Waals surface area contributed by atoms with Crippen LogP contribution in [0.15, 0.2) is 0 Å². The number of Topliss-reactive ketones (excluding diaryl/α,β-unsaturated/α-hetero) is 2. The van der Waals surface area contributed by atoms with Crippen molar-refractivity contribution in [2.75, 3.05) is 0 Å². The van der Waals surface area contributed by atoms with Crippen LogP contribution in [0.2, 0.25) is 0 Å². The van der Waals surface area contributed by atoms with Crippen LogP contribution >= 0.6 is 0 Å². The first kappa shape index (κ1) is 14.3. The van der Waals surface area contributed by atoms with E-state index in [0.29, 0.717) is 25.7 Å². The monoisotopic (exact) mass is 214 g/mol. The molecule has 0 aromatic carbocycles. The summed E-state index contributed by atoms with van der Waals surface area (Å²) >= 11 is 0. The van der Waals surface area contributed by atoms with Crippen LogP contribution < -0.4 is 0 Å². The van der Waals surface area contributed by atoms with E-state index in [4.69, 9.17) is 5.11 Å². The molecule has 88 valence electrons. The van der Waals surface area contributed by atoms with Crippen molar-refractivity contribution in [1.29, 1.82) is 0 Å². The summed E-state index contributed by atoms with van der Waals surface area (Å²) in [6.45, 7) is 3.57. The van der Waals surface area contributed by atoms with Gasteiger partial charge in [-0.2, -0.15) is 0 Å². The van der Waals surface area contributed by atoms with Gasteiger partial charge in [-0.25, -0.2) is 0 Å².